The van der Waals surface area contributed by atoms with Crippen LogP contribution in [0.5, 0.6) is 0 Å². The molecular weight excluding hydrogens is 228 g/mol. The Kier molecular flexibility index (Phi) is 4.23. The van der Waals surface area contributed by atoms with Gasteiger partial charge in [0.1, 0.15) is 0 Å². The molecule has 1 aliphatic heterocycles. The molecule has 2 rings (SSSR count). The summed E-state index contributed by atoms with van der Waals surface area (Å²) in [5.41, 5.74) is 1.49. The zero-order valence-corrected chi connectivity index (χ0v) is 12.2. The molecule has 0 bridgehead atoms. The predicted octanol–water partition coefficient (Wildman–Crippen LogP) is 2.97. The van der Waals surface area contributed by atoms with E-state index in [1.165, 1.54) is 34.8 Å². The van der Waals surface area contributed by atoms with Crippen molar-refractivity contribution in [1.29, 1.82) is 0 Å². The molecule has 1 aromatic rings. The molecule has 2 atom stereocenters. The van der Waals surface area contributed by atoms with Crippen molar-refractivity contribution in [3.05, 3.63) is 21.4 Å². The molecule has 1 aromatic heterocycles. The highest BCUT2D eigenvalue weighted by Crippen LogP contribution is 2.26. The van der Waals surface area contributed by atoms with Crippen molar-refractivity contribution in [3.8, 4) is 0 Å². The lowest BCUT2D eigenvalue weighted by Crippen LogP contribution is -2.27. The molecule has 2 heterocycles. The third-order valence-electron chi connectivity index (χ3n) is 3.75. The van der Waals surface area contributed by atoms with Crippen molar-refractivity contribution in [2.24, 2.45) is 5.92 Å². The van der Waals surface area contributed by atoms with E-state index in [1.807, 2.05) is 11.3 Å². The maximum absolute atomic E-state index is 3.70. The van der Waals surface area contributed by atoms with Gasteiger partial charge < -0.3 is 10.2 Å². The second-order valence-electron chi connectivity index (χ2n) is 5.42. The Bertz CT molecular complexity index is 372. The van der Waals surface area contributed by atoms with Crippen LogP contribution in [0.3, 0.4) is 0 Å². The molecule has 2 nitrogen and oxygen atoms in total. The van der Waals surface area contributed by atoms with E-state index in [0.29, 0.717) is 6.04 Å². The van der Waals surface area contributed by atoms with Crippen molar-refractivity contribution in [2.75, 3.05) is 26.7 Å². The summed E-state index contributed by atoms with van der Waals surface area (Å²) in [6, 6.07) is 2.82. The molecule has 1 fully saturated rings. The molecule has 0 saturated carbocycles. The zero-order chi connectivity index (χ0) is 12.4. The highest BCUT2D eigenvalue weighted by atomic mass is 32.1. The molecule has 1 N–H and O–H groups in total. The second kappa shape index (κ2) is 5.51. The Morgan fingerprint density at radius 2 is 2.29 bits per heavy atom. The summed E-state index contributed by atoms with van der Waals surface area (Å²) >= 11 is 1.91. The Labute approximate surface area is 109 Å². The first-order chi connectivity index (χ1) is 8.06. The summed E-state index contributed by atoms with van der Waals surface area (Å²) in [5, 5.41) is 3.70. The minimum atomic E-state index is 0.492. The molecule has 1 saturated heterocycles. The molecule has 0 amide bonds. The van der Waals surface area contributed by atoms with Gasteiger partial charge in [-0.15, -0.1) is 11.3 Å². The third kappa shape index (κ3) is 3.30. The Balaban J connectivity index is 1.85. The van der Waals surface area contributed by atoms with Crippen LogP contribution in [0.1, 0.15) is 34.7 Å². The van der Waals surface area contributed by atoms with Gasteiger partial charge in [0.05, 0.1) is 0 Å². The van der Waals surface area contributed by atoms with Crippen molar-refractivity contribution in [1.82, 2.24) is 10.2 Å². The van der Waals surface area contributed by atoms with Crippen LogP contribution in [-0.2, 0) is 0 Å². The summed E-state index contributed by atoms with van der Waals surface area (Å²) in [5.74, 6) is 0.836. The van der Waals surface area contributed by atoms with E-state index < -0.39 is 0 Å². The first kappa shape index (κ1) is 13.1. The van der Waals surface area contributed by atoms with Crippen LogP contribution in [0.25, 0.3) is 0 Å². The molecule has 1 aliphatic rings. The third-order valence-corrected chi connectivity index (χ3v) is 4.73. The van der Waals surface area contributed by atoms with Crippen LogP contribution in [-0.4, -0.2) is 31.6 Å². The maximum Gasteiger partial charge on any atom is 0.0302 e. The van der Waals surface area contributed by atoms with Gasteiger partial charge in [0, 0.05) is 22.3 Å². The number of thiophene rings is 1. The van der Waals surface area contributed by atoms with Gasteiger partial charge in [0.2, 0.25) is 0 Å². The number of nitrogens with one attached hydrogen (secondary N) is 1. The van der Waals surface area contributed by atoms with Crippen LogP contribution >= 0.6 is 11.3 Å². The van der Waals surface area contributed by atoms with Crippen molar-refractivity contribution >= 4 is 11.3 Å². The van der Waals surface area contributed by atoms with E-state index in [-0.39, 0.29) is 0 Å². The quantitative estimate of drug-likeness (QED) is 0.886. The first-order valence-electron chi connectivity index (χ1n) is 6.55. The lowest BCUT2D eigenvalue weighted by molar-refractivity contribution is 0.382. The van der Waals surface area contributed by atoms with Crippen LogP contribution in [0.4, 0.5) is 0 Å². The predicted molar refractivity (Wildman–Crippen MR) is 75.8 cm³/mol. The van der Waals surface area contributed by atoms with E-state index in [2.05, 4.69) is 44.1 Å². The number of likely N-dealkylation sites (tertiary alicyclic amines) is 1. The standard InChI is InChI=1S/C14H24N2S/c1-10-7-14(12(3)17-10)11(2)15-8-13-5-6-16(4)9-13/h7,11,13,15H,5-6,8-9H2,1-4H3. The van der Waals surface area contributed by atoms with Crippen molar-refractivity contribution < 1.29 is 0 Å². The minimum Gasteiger partial charge on any atom is -0.310 e. The van der Waals surface area contributed by atoms with Crippen LogP contribution < -0.4 is 5.32 Å². The monoisotopic (exact) mass is 252 g/mol. The highest BCUT2D eigenvalue weighted by molar-refractivity contribution is 7.12. The Hall–Kier alpha value is -0.380. The summed E-state index contributed by atoms with van der Waals surface area (Å²) in [6.07, 6.45) is 1.35. The fourth-order valence-electron chi connectivity index (χ4n) is 2.73. The lowest BCUT2D eigenvalue weighted by Gasteiger charge is -2.17. The van der Waals surface area contributed by atoms with E-state index in [4.69, 9.17) is 0 Å². The summed E-state index contributed by atoms with van der Waals surface area (Å²) in [7, 11) is 2.22. The fraction of sp³-hybridized carbons (Fsp3) is 0.714. The maximum atomic E-state index is 3.70. The molecular formula is C14H24N2S. The van der Waals surface area contributed by atoms with Crippen molar-refractivity contribution in [2.45, 2.75) is 33.2 Å². The number of hydrogen-bond donors (Lipinski definition) is 1. The van der Waals surface area contributed by atoms with Gasteiger partial charge >= 0.3 is 0 Å². The molecule has 0 aromatic carbocycles. The van der Waals surface area contributed by atoms with Gasteiger partial charge in [-0.1, -0.05) is 0 Å². The number of nitrogens with zero attached hydrogens (tertiary/aromatic N) is 1. The van der Waals surface area contributed by atoms with Gasteiger partial charge in [-0.05, 0) is 64.9 Å². The zero-order valence-electron chi connectivity index (χ0n) is 11.4. The molecule has 0 radical (unpaired) electrons. The molecule has 0 aliphatic carbocycles. The van der Waals surface area contributed by atoms with E-state index in [9.17, 15) is 0 Å². The lowest BCUT2D eigenvalue weighted by atomic mass is 10.1. The topological polar surface area (TPSA) is 15.3 Å². The van der Waals surface area contributed by atoms with Gasteiger partial charge in [-0.3, -0.25) is 0 Å². The molecule has 96 valence electrons. The normalized spacial score (nSPS) is 23.2. The summed E-state index contributed by atoms with van der Waals surface area (Å²) < 4.78 is 0. The second-order valence-corrected chi connectivity index (χ2v) is 6.88. The largest absolute Gasteiger partial charge is 0.310 e. The summed E-state index contributed by atoms with van der Waals surface area (Å²) in [4.78, 5) is 5.31. The van der Waals surface area contributed by atoms with Crippen molar-refractivity contribution in [3.63, 3.8) is 0 Å². The van der Waals surface area contributed by atoms with Crippen LogP contribution in [0.2, 0.25) is 0 Å². The van der Waals surface area contributed by atoms with Crippen LogP contribution in [0, 0.1) is 19.8 Å². The Morgan fingerprint density at radius 1 is 1.53 bits per heavy atom. The van der Waals surface area contributed by atoms with Gasteiger partial charge in [0.15, 0.2) is 0 Å². The van der Waals surface area contributed by atoms with Crippen LogP contribution in [0.15, 0.2) is 6.07 Å². The number of rotatable bonds is 4. The molecule has 17 heavy (non-hydrogen) atoms. The smallest absolute Gasteiger partial charge is 0.0302 e. The fourth-order valence-corrected chi connectivity index (χ4v) is 3.75. The molecule has 0 spiro atoms. The van der Waals surface area contributed by atoms with E-state index in [0.717, 1.165) is 12.5 Å². The van der Waals surface area contributed by atoms with E-state index in [1.54, 1.807) is 0 Å². The number of aryl methyl sites for hydroxylation is 2. The average molecular weight is 252 g/mol. The van der Waals surface area contributed by atoms with Gasteiger partial charge in [-0.25, -0.2) is 0 Å². The SMILES string of the molecule is Cc1cc(C(C)NCC2CCN(C)C2)c(C)s1. The first-order valence-corrected chi connectivity index (χ1v) is 7.36. The summed E-state index contributed by atoms with van der Waals surface area (Å²) in [6.45, 7) is 10.4. The van der Waals surface area contributed by atoms with Gasteiger partial charge in [-0.2, -0.15) is 0 Å². The highest BCUT2D eigenvalue weighted by Gasteiger charge is 2.20. The number of hydrogen-bond acceptors (Lipinski definition) is 3. The molecule has 3 heteroatoms. The minimum absolute atomic E-state index is 0.492. The average Bonchev–Trinajstić information content (AvgIpc) is 2.81. The van der Waals surface area contributed by atoms with E-state index >= 15 is 0 Å². The Morgan fingerprint density at radius 3 is 2.82 bits per heavy atom. The van der Waals surface area contributed by atoms with Gasteiger partial charge in [0.25, 0.3) is 0 Å². The molecule has 2 unspecified atom stereocenters.